The third kappa shape index (κ3) is 6.66. The van der Waals surface area contributed by atoms with Crippen LogP contribution in [0.3, 0.4) is 0 Å². The van der Waals surface area contributed by atoms with E-state index in [4.69, 9.17) is 9.47 Å². The molecule has 0 radical (unpaired) electrons. The molecule has 168 valence electrons. The van der Waals surface area contributed by atoms with E-state index in [0.717, 1.165) is 31.6 Å². The monoisotopic (exact) mass is 448 g/mol. The van der Waals surface area contributed by atoms with Gasteiger partial charge in [-0.3, -0.25) is 14.5 Å². The summed E-state index contributed by atoms with van der Waals surface area (Å²) in [5.74, 6) is 1.82. The van der Waals surface area contributed by atoms with Gasteiger partial charge in [0.2, 0.25) is 17.7 Å². The molecule has 31 heavy (non-hydrogen) atoms. The molecule has 1 amide bonds. The van der Waals surface area contributed by atoms with Gasteiger partial charge in [-0.2, -0.15) is 9.97 Å². The van der Waals surface area contributed by atoms with Crippen molar-refractivity contribution in [2.75, 3.05) is 46.2 Å². The molecule has 2 aromatic heterocycles. The molecule has 2 aromatic rings. The molecule has 1 aliphatic heterocycles. The van der Waals surface area contributed by atoms with Crippen molar-refractivity contribution < 1.29 is 14.3 Å². The molecule has 3 heterocycles. The summed E-state index contributed by atoms with van der Waals surface area (Å²) in [6.07, 6.45) is 1.66. The van der Waals surface area contributed by atoms with Gasteiger partial charge in [0.15, 0.2) is 5.16 Å². The van der Waals surface area contributed by atoms with E-state index in [1.807, 2.05) is 11.8 Å². The van der Waals surface area contributed by atoms with Crippen LogP contribution >= 0.6 is 11.8 Å². The van der Waals surface area contributed by atoms with E-state index in [0.29, 0.717) is 42.4 Å². The van der Waals surface area contributed by atoms with Crippen LogP contribution in [0.1, 0.15) is 24.9 Å². The van der Waals surface area contributed by atoms with E-state index >= 15 is 0 Å². The van der Waals surface area contributed by atoms with Crippen molar-refractivity contribution >= 4 is 17.7 Å². The number of piperazine rings is 1. The first-order chi connectivity index (χ1) is 15.0. The Bertz CT molecular complexity index is 923. The Balaban J connectivity index is 1.49. The molecule has 0 unspecified atom stereocenters. The second kappa shape index (κ2) is 11.1. The highest BCUT2D eigenvalue weighted by Crippen LogP contribution is 2.17. The van der Waals surface area contributed by atoms with Crippen LogP contribution < -0.4 is 15.0 Å². The molecule has 11 heteroatoms. The molecule has 0 bridgehead atoms. The molecule has 1 aliphatic rings. The van der Waals surface area contributed by atoms with Gasteiger partial charge in [0.05, 0.1) is 32.6 Å². The number of methoxy groups -OCH3 is 2. The van der Waals surface area contributed by atoms with Crippen LogP contribution in [0.5, 0.6) is 11.8 Å². The predicted molar refractivity (Wildman–Crippen MR) is 117 cm³/mol. The van der Waals surface area contributed by atoms with Crippen molar-refractivity contribution in [3.63, 3.8) is 0 Å². The second-order valence-electron chi connectivity index (χ2n) is 7.11. The van der Waals surface area contributed by atoms with E-state index in [-0.39, 0.29) is 17.2 Å². The van der Waals surface area contributed by atoms with Gasteiger partial charge in [-0.05, 0) is 6.42 Å². The van der Waals surface area contributed by atoms with E-state index in [2.05, 4.69) is 24.8 Å². The van der Waals surface area contributed by atoms with Gasteiger partial charge < -0.3 is 19.4 Å². The van der Waals surface area contributed by atoms with Gasteiger partial charge in [-0.25, -0.2) is 4.98 Å². The Morgan fingerprint density at radius 3 is 2.39 bits per heavy atom. The van der Waals surface area contributed by atoms with E-state index < -0.39 is 0 Å². The molecular formula is C20H28N6O4S. The van der Waals surface area contributed by atoms with Crippen LogP contribution in [-0.2, 0) is 17.8 Å². The zero-order valence-electron chi connectivity index (χ0n) is 18.1. The van der Waals surface area contributed by atoms with Crippen LogP contribution in [0.2, 0.25) is 0 Å². The number of aryl methyl sites for hydroxylation is 1. The van der Waals surface area contributed by atoms with Gasteiger partial charge in [0, 0.05) is 37.9 Å². The fraction of sp³-hybridized carbons (Fsp3) is 0.550. The molecule has 0 aromatic carbocycles. The highest BCUT2D eigenvalue weighted by molar-refractivity contribution is 7.99. The summed E-state index contributed by atoms with van der Waals surface area (Å²) in [5, 5.41) is 0.493. The molecule has 1 fully saturated rings. The minimum Gasteiger partial charge on any atom is -0.481 e. The average molecular weight is 449 g/mol. The Morgan fingerprint density at radius 2 is 1.77 bits per heavy atom. The van der Waals surface area contributed by atoms with Gasteiger partial charge in [-0.1, -0.05) is 25.1 Å². The Hall–Kier alpha value is -2.66. The van der Waals surface area contributed by atoms with Gasteiger partial charge in [0.25, 0.3) is 5.56 Å². The number of aromatic amines is 1. The average Bonchev–Trinajstić information content (AvgIpc) is 2.77. The normalized spacial score (nSPS) is 14.5. The lowest BCUT2D eigenvalue weighted by atomic mass is 10.2. The number of nitrogens with zero attached hydrogens (tertiary/aromatic N) is 5. The Morgan fingerprint density at radius 1 is 1.10 bits per heavy atom. The lowest BCUT2D eigenvalue weighted by Gasteiger charge is -2.34. The van der Waals surface area contributed by atoms with Crippen molar-refractivity contribution in [3.8, 4) is 11.8 Å². The second-order valence-corrected chi connectivity index (χ2v) is 8.07. The first-order valence-electron chi connectivity index (χ1n) is 10.2. The van der Waals surface area contributed by atoms with E-state index in [9.17, 15) is 9.59 Å². The molecule has 10 nitrogen and oxygen atoms in total. The number of hydrogen-bond donors (Lipinski definition) is 1. The lowest BCUT2D eigenvalue weighted by Crippen LogP contribution is -2.49. The SMILES string of the molecule is CCCc1cc(=O)[nH]c(SCC(=O)N2CCN(Cc3nc(OC)cc(OC)n3)CC2)n1. The quantitative estimate of drug-likeness (QED) is 0.443. The van der Waals surface area contributed by atoms with Gasteiger partial charge in [-0.15, -0.1) is 0 Å². The summed E-state index contributed by atoms with van der Waals surface area (Å²) in [4.78, 5) is 44.3. The summed E-state index contributed by atoms with van der Waals surface area (Å²) >= 11 is 1.27. The number of ether oxygens (including phenoxy) is 2. The maximum absolute atomic E-state index is 12.6. The molecule has 0 aliphatic carbocycles. The number of carbonyl (C=O) groups is 1. The zero-order chi connectivity index (χ0) is 22.2. The number of thioether (sulfide) groups is 1. The smallest absolute Gasteiger partial charge is 0.251 e. The van der Waals surface area contributed by atoms with Crippen molar-refractivity contribution in [2.24, 2.45) is 0 Å². The first-order valence-corrected chi connectivity index (χ1v) is 11.2. The Kier molecular flexibility index (Phi) is 8.24. The summed E-state index contributed by atoms with van der Waals surface area (Å²) in [6, 6.07) is 3.15. The fourth-order valence-electron chi connectivity index (χ4n) is 3.24. The third-order valence-electron chi connectivity index (χ3n) is 4.85. The summed E-state index contributed by atoms with van der Waals surface area (Å²) < 4.78 is 10.4. The summed E-state index contributed by atoms with van der Waals surface area (Å²) in [6.45, 7) is 5.29. The zero-order valence-corrected chi connectivity index (χ0v) is 18.9. The van der Waals surface area contributed by atoms with Crippen LogP contribution in [-0.4, -0.2) is 81.8 Å². The molecule has 1 N–H and O–H groups in total. The molecule has 1 saturated heterocycles. The van der Waals surface area contributed by atoms with Crippen molar-refractivity contribution in [2.45, 2.75) is 31.5 Å². The number of rotatable bonds is 9. The number of carbonyl (C=O) groups excluding carboxylic acids is 1. The van der Waals surface area contributed by atoms with Crippen molar-refractivity contribution in [3.05, 3.63) is 34.0 Å². The molecule has 0 saturated carbocycles. The van der Waals surface area contributed by atoms with E-state index in [1.54, 1.807) is 20.3 Å². The summed E-state index contributed by atoms with van der Waals surface area (Å²) in [7, 11) is 3.11. The highest BCUT2D eigenvalue weighted by atomic mass is 32.2. The van der Waals surface area contributed by atoms with Crippen LogP contribution in [0.4, 0.5) is 0 Å². The van der Waals surface area contributed by atoms with Gasteiger partial charge in [0.1, 0.15) is 5.82 Å². The maximum Gasteiger partial charge on any atom is 0.251 e. The molecule has 0 atom stereocenters. The Labute approximate surface area is 185 Å². The van der Waals surface area contributed by atoms with Crippen molar-refractivity contribution in [1.29, 1.82) is 0 Å². The number of aromatic nitrogens is 4. The largest absolute Gasteiger partial charge is 0.481 e. The number of hydrogen-bond acceptors (Lipinski definition) is 9. The number of H-pyrrole nitrogens is 1. The predicted octanol–water partition coefficient (Wildman–Crippen LogP) is 0.966. The molecular weight excluding hydrogens is 420 g/mol. The van der Waals surface area contributed by atoms with Crippen LogP contribution in [0.25, 0.3) is 0 Å². The maximum atomic E-state index is 12.6. The standard InChI is InChI=1S/C20H28N6O4S/c1-4-5-14-10-16(27)24-20(21-14)31-13-19(28)26-8-6-25(7-9-26)12-15-22-17(29-2)11-18(23-15)30-3/h10-11H,4-9,12-13H2,1-3H3,(H,21,24,27). The summed E-state index contributed by atoms with van der Waals surface area (Å²) in [5.41, 5.74) is 0.574. The fourth-order valence-corrected chi connectivity index (χ4v) is 4.04. The first kappa shape index (κ1) is 23.0. The highest BCUT2D eigenvalue weighted by Gasteiger charge is 2.22. The topological polar surface area (TPSA) is 114 Å². The molecule has 3 rings (SSSR count). The van der Waals surface area contributed by atoms with Gasteiger partial charge >= 0.3 is 0 Å². The van der Waals surface area contributed by atoms with Crippen LogP contribution in [0.15, 0.2) is 22.1 Å². The van der Waals surface area contributed by atoms with E-state index in [1.165, 1.54) is 17.8 Å². The van der Waals surface area contributed by atoms with Crippen molar-refractivity contribution in [1.82, 2.24) is 29.7 Å². The number of amides is 1. The minimum absolute atomic E-state index is 0.0347. The minimum atomic E-state index is -0.182. The third-order valence-corrected chi connectivity index (χ3v) is 5.70. The number of nitrogens with one attached hydrogen (secondary N) is 1. The lowest BCUT2D eigenvalue weighted by molar-refractivity contribution is -0.130. The van der Waals surface area contributed by atoms with Crippen LogP contribution in [0, 0.1) is 0 Å². The molecule has 0 spiro atoms.